The summed E-state index contributed by atoms with van der Waals surface area (Å²) in [6, 6.07) is 17.4. The molecule has 0 aliphatic carbocycles. The van der Waals surface area contributed by atoms with Crippen LogP contribution in [0.25, 0.3) is 4.96 Å². The number of carbonyl (C=O) groups excluding carboxylic acids is 1. The van der Waals surface area contributed by atoms with Gasteiger partial charge in [-0.1, -0.05) is 42.5 Å². The third-order valence-corrected chi connectivity index (χ3v) is 4.98. The van der Waals surface area contributed by atoms with Crippen LogP contribution >= 0.6 is 11.3 Å². The number of amides is 1. The van der Waals surface area contributed by atoms with Crippen molar-refractivity contribution in [3.05, 3.63) is 99.4 Å². The van der Waals surface area contributed by atoms with Gasteiger partial charge in [-0.05, 0) is 23.3 Å². The Bertz CT molecular complexity index is 1150. The Kier molecular flexibility index (Phi) is 5.16. The highest BCUT2D eigenvalue weighted by Gasteiger charge is 2.13. The van der Waals surface area contributed by atoms with Gasteiger partial charge >= 0.3 is 0 Å². The Balaban J connectivity index is 1.36. The first-order chi connectivity index (χ1) is 13.7. The van der Waals surface area contributed by atoms with E-state index in [0.29, 0.717) is 18.1 Å². The molecule has 0 saturated heterocycles. The maximum atomic E-state index is 12.3. The Morgan fingerprint density at radius 2 is 1.82 bits per heavy atom. The Hall–Kier alpha value is -3.45. The van der Waals surface area contributed by atoms with Crippen LogP contribution in [0.15, 0.2) is 77.2 Å². The summed E-state index contributed by atoms with van der Waals surface area (Å²) in [6.45, 7) is 0.796. The predicted octanol–water partition coefficient (Wildman–Crippen LogP) is 3.27. The van der Waals surface area contributed by atoms with Crippen molar-refractivity contribution in [2.45, 2.75) is 13.2 Å². The molecule has 7 heteroatoms. The molecule has 4 aromatic rings. The summed E-state index contributed by atoms with van der Waals surface area (Å²) >= 11 is 1.35. The summed E-state index contributed by atoms with van der Waals surface area (Å²) in [5.74, 6) is 0.385. The fraction of sp³-hybridized carbons (Fsp3) is 0.0952. The molecule has 0 aliphatic heterocycles. The molecule has 0 saturated carbocycles. The largest absolute Gasteiger partial charge is 0.489 e. The van der Waals surface area contributed by atoms with Gasteiger partial charge in [0.05, 0.1) is 0 Å². The van der Waals surface area contributed by atoms with Crippen molar-refractivity contribution in [1.29, 1.82) is 0 Å². The summed E-state index contributed by atoms with van der Waals surface area (Å²) < 4.78 is 7.09. The molecule has 140 valence electrons. The first kappa shape index (κ1) is 17.9. The normalized spacial score (nSPS) is 10.7. The summed E-state index contributed by atoms with van der Waals surface area (Å²) in [5.41, 5.74) is 1.63. The SMILES string of the molecule is O=C(NCc1ccc(COc2ccccc2)cc1)c1cnc2sccn2c1=O. The maximum Gasteiger partial charge on any atom is 0.271 e. The smallest absolute Gasteiger partial charge is 0.271 e. The van der Waals surface area contributed by atoms with E-state index in [1.165, 1.54) is 21.9 Å². The molecule has 6 nitrogen and oxygen atoms in total. The van der Waals surface area contributed by atoms with Crippen molar-refractivity contribution >= 4 is 22.2 Å². The fourth-order valence-corrected chi connectivity index (χ4v) is 3.37. The van der Waals surface area contributed by atoms with E-state index in [2.05, 4.69) is 10.3 Å². The van der Waals surface area contributed by atoms with E-state index in [1.54, 1.807) is 11.6 Å². The van der Waals surface area contributed by atoms with Gasteiger partial charge in [0.25, 0.3) is 11.5 Å². The van der Waals surface area contributed by atoms with Gasteiger partial charge in [0.15, 0.2) is 4.96 Å². The first-order valence-electron chi connectivity index (χ1n) is 8.69. The topological polar surface area (TPSA) is 72.7 Å². The van der Waals surface area contributed by atoms with Crippen LogP contribution in [-0.4, -0.2) is 15.3 Å². The fourth-order valence-electron chi connectivity index (χ4n) is 2.69. The molecule has 4 rings (SSSR count). The standard InChI is InChI=1S/C21H17N3O3S/c25-19(18-13-23-21-24(20(18)26)10-11-28-21)22-12-15-6-8-16(9-7-15)14-27-17-4-2-1-3-5-17/h1-11,13H,12,14H2,(H,22,25). The molecule has 2 aromatic heterocycles. The third kappa shape index (κ3) is 3.94. The van der Waals surface area contributed by atoms with Crippen molar-refractivity contribution in [2.75, 3.05) is 0 Å². The monoisotopic (exact) mass is 391 g/mol. The van der Waals surface area contributed by atoms with Crippen LogP contribution in [0, 0.1) is 0 Å². The number of rotatable bonds is 6. The van der Waals surface area contributed by atoms with Crippen LogP contribution in [0.3, 0.4) is 0 Å². The molecular formula is C21H17N3O3S. The number of nitrogens with one attached hydrogen (secondary N) is 1. The van der Waals surface area contributed by atoms with Crippen molar-refractivity contribution in [1.82, 2.24) is 14.7 Å². The zero-order valence-electron chi connectivity index (χ0n) is 14.9. The van der Waals surface area contributed by atoms with Crippen LogP contribution in [0.4, 0.5) is 0 Å². The van der Waals surface area contributed by atoms with E-state index in [4.69, 9.17) is 4.74 Å². The van der Waals surface area contributed by atoms with Gasteiger partial charge in [-0.25, -0.2) is 4.98 Å². The van der Waals surface area contributed by atoms with E-state index < -0.39 is 5.91 Å². The average Bonchev–Trinajstić information content (AvgIpc) is 3.22. The second-order valence-corrected chi connectivity index (χ2v) is 7.01. The van der Waals surface area contributed by atoms with Crippen molar-refractivity contribution in [3.8, 4) is 5.75 Å². The number of benzene rings is 2. The molecule has 1 amide bonds. The average molecular weight is 391 g/mol. The minimum absolute atomic E-state index is 0.0313. The van der Waals surface area contributed by atoms with E-state index in [9.17, 15) is 9.59 Å². The van der Waals surface area contributed by atoms with Crippen molar-refractivity contribution in [3.63, 3.8) is 0 Å². The number of thiazole rings is 1. The van der Waals surface area contributed by atoms with E-state index in [1.807, 2.05) is 54.6 Å². The lowest BCUT2D eigenvalue weighted by atomic mass is 10.1. The summed E-state index contributed by atoms with van der Waals surface area (Å²) in [6.07, 6.45) is 2.94. The summed E-state index contributed by atoms with van der Waals surface area (Å²) in [4.78, 5) is 29.4. The minimum Gasteiger partial charge on any atom is -0.489 e. The lowest BCUT2D eigenvalue weighted by Crippen LogP contribution is -2.30. The Morgan fingerprint density at radius 1 is 1.07 bits per heavy atom. The van der Waals surface area contributed by atoms with Gasteiger partial charge in [0.2, 0.25) is 0 Å². The van der Waals surface area contributed by atoms with Crippen LogP contribution in [0.1, 0.15) is 21.5 Å². The Labute approximate surface area is 165 Å². The highest BCUT2D eigenvalue weighted by atomic mass is 32.1. The first-order valence-corrected chi connectivity index (χ1v) is 9.57. The molecule has 2 aromatic carbocycles. The number of aromatic nitrogens is 2. The molecule has 1 N–H and O–H groups in total. The molecule has 2 heterocycles. The maximum absolute atomic E-state index is 12.3. The number of carbonyl (C=O) groups is 1. The number of hydrogen-bond donors (Lipinski definition) is 1. The van der Waals surface area contributed by atoms with Gasteiger partial charge < -0.3 is 10.1 Å². The van der Waals surface area contributed by atoms with E-state index in [-0.39, 0.29) is 11.1 Å². The molecule has 0 aliphatic rings. The van der Waals surface area contributed by atoms with Crippen molar-refractivity contribution in [2.24, 2.45) is 0 Å². The lowest BCUT2D eigenvalue weighted by molar-refractivity contribution is 0.0949. The van der Waals surface area contributed by atoms with Crippen LogP contribution in [-0.2, 0) is 13.2 Å². The molecule has 0 radical (unpaired) electrons. The van der Waals surface area contributed by atoms with Crippen LogP contribution < -0.4 is 15.6 Å². The molecule has 28 heavy (non-hydrogen) atoms. The minimum atomic E-state index is -0.436. The van der Waals surface area contributed by atoms with E-state index in [0.717, 1.165) is 16.9 Å². The zero-order chi connectivity index (χ0) is 19.3. The van der Waals surface area contributed by atoms with Gasteiger partial charge in [-0.3, -0.25) is 14.0 Å². The number of hydrogen-bond acceptors (Lipinski definition) is 5. The van der Waals surface area contributed by atoms with Gasteiger partial charge in [-0.2, -0.15) is 0 Å². The molecule has 0 bridgehead atoms. The van der Waals surface area contributed by atoms with Gasteiger partial charge in [0.1, 0.15) is 17.9 Å². The van der Waals surface area contributed by atoms with E-state index >= 15 is 0 Å². The number of fused-ring (bicyclic) bond motifs is 1. The molecule has 0 unspecified atom stereocenters. The van der Waals surface area contributed by atoms with Gasteiger partial charge in [0, 0.05) is 24.3 Å². The molecular weight excluding hydrogens is 374 g/mol. The van der Waals surface area contributed by atoms with Crippen molar-refractivity contribution < 1.29 is 9.53 Å². The third-order valence-electron chi connectivity index (χ3n) is 4.21. The molecule has 0 fully saturated rings. The highest BCUT2D eigenvalue weighted by Crippen LogP contribution is 2.12. The predicted molar refractivity (Wildman–Crippen MR) is 108 cm³/mol. The highest BCUT2D eigenvalue weighted by molar-refractivity contribution is 7.15. The van der Waals surface area contributed by atoms with Crippen LogP contribution in [0.5, 0.6) is 5.75 Å². The Morgan fingerprint density at radius 3 is 2.61 bits per heavy atom. The second kappa shape index (κ2) is 8.06. The molecule has 0 spiro atoms. The number of para-hydroxylation sites is 1. The van der Waals surface area contributed by atoms with Gasteiger partial charge in [-0.15, -0.1) is 11.3 Å². The summed E-state index contributed by atoms with van der Waals surface area (Å²) in [5, 5.41) is 4.53. The second-order valence-electron chi connectivity index (χ2n) is 6.13. The number of nitrogens with zero attached hydrogens (tertiary/aromatic N) is 2. The number of ether oxygens (including phenoxy) is 1. The molecule has 0 atom stereocenters. The van der Waals surface area contributed by atoms with Crippen LogP contribution in [0.2, 0.25) is 0 Å². The summed E-state index contributed by atoms with van der Waals surface area (Å²) in [7, 11) is 0. The lowest BCUT2D eigenvalue weighted by Gasteiger charge is -2.08. The zero-order valence-corrected chi connectivity index (χ0v) is 15.7. The quantitative estimate of drug-likeness (QED) is 0.548.